The van der Waals surface area contributed by atoms with Gasteiger partial charge in [-0.2, -0.15) is 5.26 Å². The van der Waals surface area contributed by atoms with Gasteiger partial charge in [-0.25, -0.2) is 4.99 Å². The largest absolute Gasteiger partial charge is 0.436 e. The molecule has 0 aliphatic heterocycles. The second kappa shape index (κ2) is 7.22. The van der Waals surface area contributed by atoms with Crippen molar-refractivity contribution in [2.24, 2.45) is 4.99 Å². The van der Waals surface area contributed by atoms with E-state index in [1.54, 1.807) is 17.6 Å². The van der Waals surface area contributed by atoms with E-state index in [1.807, 2.05) is 78.2 Å². The van der Waals surface area contributed by atoms with E-state index in [-0.39, 0.29) is 0 Å². The van der Waals surface area contributed by atoms with Crippen molar-refractivity contribution in [3.05, 3.63) is 88.6 Å². The van der Waals surface area contributed by atoms with Crippen molar-refractivity contribution in [1.82, 2.24) is 0 Å². The molecule has 0 aliphatic rings. The molecule has 0 saturated carbocycles. The average molecular weight is 354 g/mol. The third-order valence-electron chi connectivity index (χ3n) is 3.95. The number of thiophene rings is 1. The Hall–Kier alpha value is -3.42. The van der Waals surface area contributed by atoms with Crippen molar-refractivity contribution in [1.29, 1.82) is 5.26 Å². The summed E-state index contributed by atoms with van der Waals surface area (Å²) < 4.78 is 6.06. The topological polar surface area (TPSA) is 49.3 Å². The number of hydrogen-bond donors (Lipinski definition) is 0. The molecule has 3 nitrogen and oxygen atoms in total. The molecule has 0 aliphatic carbocycles. The highest BCUT2D eigenvalue weighted by molar-refractivity contribution is 7.11. The molecular formula is C22H14N2OS. The maximum Gasteiger partial charge on any atom is 0.238 e. The second-order valence-corrected chi connectivity index (χ2v) is 6.58. The molecule has 0 radical (unpaired) electrons. The van der Waals surface area contributed by atoms with E-state index >= 15 is 0 Å². The van der Waals surface area contributed by atoms with Crippen LogP contribution in [0, 0.1) is 11.3 Å². The zero-order chi connectivity index (χ0) is 17.8. The van der Waals surface area contributed by atoms with Gasteiger partial charge >= 0.3 is 0 Å². The van der Waals surface area contributed by atoms with E-state index in [0.717, 1.165) is 21.6 Å². The first kappa shape index (κ1) is 16.1. The molecule has 0 saturated heterocycles. The minimum Gasteiger partial charge on any atom is -0.436 e. The van der Waals surface area contributed by atoms with Gasteiger partial charge in [-0.05, 0) is 17.0 Å². The van der Waals surface area contributed by atoms with E-state index in [0.29, 0.717) is 17.2 Å². The Morgan fingerprint density at radius 1 is 0.885 bits per heavy atom. The number of nitrogens with zero attached hydrogens (tertiary/aromatic N) is 2. The molecule has 0 atom stereocenters. The SMILES string of the molecule is N#Cc1c(/N=C/c2cccs2)oc(-c2ccccc2)c1-c1ccccc1. The molecule has 2 aromatic heterocycles. The number of furan rings is 1. The summed E-state index contributed by atoms with van der Waals surface area (Å²) in [7, 11) is 0. The maximum atomic E-state index is 9.80. The lowest BCUT2D eigenvalue weighted by molar-refractivity contribution is 0.593. The molecule has 0 amide bonds. The van der Waals surface area contributed by atoms with Crippen LogP contribution in [0.25, 0.3) is 22.5 Å². The third-order valence-corrected chi connectivity index (χ3v) is 4.76. The molecule has 124 valence electrons. The van der Waals surface area contributed by atoms with E-state index in [1.165, 1.54) is 0 Å². The molecule has 0 unspecified atom stereocenters. The van der Waals surface area contributed by atoms with Crippen LogP contribution in [0.3, 0.4) is 0 Å². The first-order chi connectivity index (χ1) is 12.9. The maximum absolute atomic E-state index is 9.80. The van der Waals surface area contributed by atoms with Crippen LogP contribution >= 0.6 is 11.3 Å². The monoisotopic (exact) mass is 354 g/mol. The lowest BCUT2D eigenvalue weighted by Gasteiger charge is -2.03. The van der Waals surface area contributed by atoms with Crippen molar-refractivity contribution < 1.29 is 4.42 Å². The first-order valence-electron chi connectivity index (χ1n) is 8.12. The van der Waals surface area contributed by atoms with Gasteiger partial charge in [0.05, 0.1) is 0 Å². The Morgan fingerprint density at radius 3 is 2.19 bits per heavy atom. The fourth-order valence-corrected chi connectivity index (χ4v) is 3.36. The van der Waals surface area contributed by atoms with Crippen molar-refractivity contribution >= 4 is 23.4 Å². The van der Waals surface area contributed by atoms with Crippen LogP contribution in [0.2, 0.25) is 0 Å². The Kier molecular flexibility index (Phi) is 4.46. The zero-order valence-corrected chi connectivity index (χ0v) is 14.6. The smallest absolute Gasteiger partial charge is 0.238 e. The Bertz CT molecular complexity index is 1070. The molecular weight excluding hydrogens is 340 g/mol. The molecule has 0 N–H and O–H groups in total. The normalized spacial score (nSPS) is 10.9. The van der Waals surface area contributed by atoms with Crippen molar-refractivity contribution in [2.45, 2.75) is 0 Å². The van der Waals surface area contributed by atoms with Crippen LogP contribution < -0.4 is 0 Å². The van der Waals surface area contributed by atoms with Crippen LogP contribution in [0.4, 0.5) is 5.88 Å². The van der Waals surface area contributed by atoms with E-state index in [9.17, 15) is 5.26 Å². The summed E-state index contributed by atoms with van der Waals surface area (Å²) in [4.78, 5) is 5.46. The summed E-state index contributed by atoms with van der Waals surface area (Å²) in [6.07, 6.45) is 1.73. The summed E-state index contributed by atoms with van der Waals surface area (Å²) in [5, 5.41) is 11.8. The highest BCUT2D eigenvalue weighted by Gasteiger charge is 2.22. The Labute approximate surface area is 155 Å². The standard InChI is InChI=1S/C22H14N2OS/c23-14-19-20(16-8-3-1-4-9-16)21(17-10-5-2-6-11-17)25-22(19)24-15-18-12-7-13-26-18/h1-13,15H/b24-15+. The molecule has 0 fully saturated rings. The molecule has 4 aromatic rings. The number of nitriles is 1. The van der Waals surface area contributed by atoms with Gasteiger partial charge in [0.15, 0.2) is 0 Å². The van der Waals surface area contributed by atoms with Gasteiger partial charge in [0.25, 0.3) is 0 Å². The lowest BCUT2D eigenvalue weighted by Crippen LogP contribution is -1.83. The van der Waals surface area contributed by atoms with Crippen LogP contribution in [0.5, 0.6) is 0 Å². The average Bonchev–Trinajstić information content (AvgIpc) is 3.35. The molecule has 2 heterocycles. The van der Waals surface area contributed by atoms with Gasteiger partial charge in [-0.1, -0.05) is 66.7 Å². The highest BCUT2D eigenvalue weighted by atomic mass is 32.1. The number of benzene rings is 2. The number of aliphatic imine (C=N–C) groups is 1. The van der Waals surface area contributed by atoms with Crippen LogP contribution in [0.15, 0.2) is 87.6 Å². The molecule has 4 rings (SSSR count). The van der Waals surface area contributed by atoms with Crippen LogP contribution in [0.1, 0.15) is 10.4 Å². The number of hydrogen-bond acceptors (Lipinski definition) is 4. The van der Waals surface area contributed by atoms with Gasteiger partial charge in [0.1, 0.15) is 17.4 Å². The summed E-state index contributed by atoms with van der Waals surface area (Å²) >= 11 is 1.59. The third kappa shape index (κ3) is 3.08. The van der Waals surface area contributed by atoms with Gasteiger partial charge in [-0.15, -0.1) is 11.3 Å². The van der Waals surface area contributed by atoms with Crippen molar-refractivity contribution in [3.8, 4) is 28.5 Å². The Balaban J connectivity index is 1.92. The summed E-state index contributed by atoms with van der Waals surface area (Å²) in [6, 6.07) is 25.8. The molecule has 4 heteroatoms. The van der Waals surface area contributed by atoms with E-state index < -0.39 is 0 Å². The van der Waals surface area contributed by atoms with Gasteiger partial charge < -0.3 is 4.42 Å². The minimum atomic E-state index is 0.332. The summed E-state index contributed by atoms with van der Waals surface area (Å²) in [6.45, 7) is 0. The minimum absolute atomic E-state index is 0.332. The number of rotatable bonds is 4. The van der Waals surface area contributed by atoms with Crippen LogP contribution in [-0.2, 0) is 0 Å². The highest BCUT2D eigenvalue weighted by Crippen LogP contribution is 2.42. The van der Waals surface area contributed by atoms with Gasteiger partial charge in [0.2, 0.25) is 5.88 Å². The quantitative estimate of drug-likeness (QED) is 0.404. The van der Waals surface area contributed by atoms with E-state index in [2.05, 4.69) is 11.1 Å². The first-order valence-corrected chi connectivity index (χ1v) is 9.00. The molecule has 0 spiro atoms. The van der Waals surface area contributed by atoms with Crippen molar-refractivity contribution in [2.75, 3.05) is 0 Å². The molecule has 2 aromatic carbocycles. The Morgan fingerprint density at radius 2 is 1.58 bits per heavy atom. The van der Waals surface area contributed by atoms with E-state index in [4.69, 9.17) is 4.42 Å². The summed E-state index contributed by atoms with van der Waals surface area (Å²) in [5.41, 5.74) is 3.07. The molecule has 0 bridgehead atoms. The second-order valence-electron chi connectivity index (χ2n) is 5.60. The molecule has 26 heavy (non-hydrogen) atoms. The fourth-order valence-electron chi connectivity index (χ4n) is 2.77. The van der Waals surface area contributed by atoms with Gasteiger partial charge in [0, 0.05) is 22.2 Å². The predicted molar refractivity (Wildman–Crippen MR) is 106 cm³/mol. The zero-order valence-electron chi connectivity index (χ0n) is 13.8. The van der Waals surface area contributed by atoms with Gasteiger partial charge in [-0.3, -0.25) is 0 Å². The van der Waals surface area contributed by atoms with Crippen LogP contribution in [-0.4, -0.2) is 6.21 Å². The summed E-state index contributed by atoms with van der Waals surface area (Å²) in [5.74, 6) is 0.991. The lowest BCUT2D eigenvalue weighted by atomic mass is 9.98. The van der Waals surface area contributed by atoms with Crippen molar-refractivity contribution in [3.63, 3.8) is 0 Å². The fraction of sp³-hybridized carbons (Fsp3) is 0. The predicted octanol–water partition coefficient (Wildman–Crippen LogP) is 6.30.